The number of tetrazole rings is 1. The van der Waals surface area contributed by atoms with Crippen LogP contribution in [0.5, 0.6) is 17.2 Å². The average molecular weight is 385 g/mol. The Bertz CT molecular complexity index is 951. The van der Waals surface area contributed by atoms with E-state index in [1.54, 1.807) is 38.1 Å². The first-order valence-corrected chi connectivity index (χ1v) is 8.74. The number of hydrogen-bond acceptors (Lipinski definition) is 7. The molecule has 2 unspecified atom stereocenters. The first kappa shape index (κ1) is 18.0. The molecule has 0 spiro atoms. The normalized spacial score (nSPS) is 18.1. The molecule has 3 aromatic rings. The number of benzene rings is 2. The third-order valence-corrected chi connectivity index (χ3v) is 4.89. The van der Waals surface area contributed by atoms with Crippen molar-refractivity contribution in [2.45, 2.75) is 18.5 Å². The topological polar surface area (TPSA) is 83.3 Å². The summed E-state index contributed by atoms with van der Waals surface area (Å²) in [4.78, 5) is 0. The maximum atomic E-state index is 13.3. The number of nitrogens with zero attached hydrogens (tertiary/aromatic N) is 4. The lowest BCUT2D eigenvalue weighted by Crippen LogP contribution is -2.28. The van der Waals surface area contributed by atoms with Gasteiger partial charge in [0.15, 0.2) is 11.5 Å². The van der Waals surface area contributed by atoms with Gasteiger partial charge in [-0.1, -0.05) is 17.2 Å². The molecule has 0 radical (unpaired) electrons. The summed E-state index contributed by atoms with van der Waals surface area (Å²) in [6.45, 7) is 0. The molecule has 1 aliphatic heterocycles. The van der Waals surface area contributed by atoms with Crippen molar-refractivity contribution in [1.29, 1.82) is 0 Å². The van der Waals surface area contributed by atoms with Gasteiger partial charge >= 0.3 is 0 Å². The Labute approximate surface area is 161 Å². The van der Waals surface area contributed by atoms with Crippen LogP contribution in [0.15, 0.2) is 36.4 Å². The third-order valence-electron chi connectivity index (χ3n) is 4.89. The molecule has 28 heavy (non-hydrogen) atoms. The van der Waals surface area contributed by atoms with E-state index in [1.165, 1.54) is 12.1 Å². The summed E-state index contributed by atoms with van der Waals surface area (Å²) in [7, 11) is 4.72. The van der Waals surface area contributed by atoms with E-state index < -0.39 is 0 Å². The molecule has 0 bridgehead atoms. The van der Waals surface area contributed by atoms with Crippen LogP contribution in [0, 0.1) is 5.82 Å². The molecule has 1 aromatic heterocycles. The van der Waals surface area contributed by atoms with E-state index >= 15 is 0 Å². The van der Waals surface area contributed by atoms with Crippen LogP contribution in [0.25, 0.3) is 0 Å². The van der Waals surface area contributed by atoms with Crippen LogP contribution >= 0.6 is 0 Å². The highest BCUT2D eigenvalue weighted by Crippen LogP contribution is 2.44. The number of rotatable bonds is 5. The Balaban J connectivity index is 1.77. The Kier molecular flexibility index (Phi) is 4.72. The standard InChI is InChI=1S/C19H20FN5O3/c1-26-16-8-12(9-17(27-2)18(16)28-3)15-10-14(11-4-6-13(20)7-5-11)21-19-22-23-24-25(15)19/h4-9,14-15H,10H2,1-3H3,(H,21,22,24). The van der Waals surface area contributed by atoms with Crippen LogP contribution in [-0.4, -0.2) is 41.5 Å². The molecule has 146 valence electrons. The van der Waals surface area contributed by atoms with Crippen LogP contribution in [0.4, 0.5) is 10.3 Å². The quantitative estimate of drug-likeness (QED) is 0.723. The molecule has 2 heterocycles. The lowest BCUT2D eigenvalue weighted by Gasteiger charge is -2.31. The molecule has 1 aliphatic rings. The van der Waals surface area contributed by atoms with Crippen molar-refractivity contribution in [3.8, 4) is 17.2 Å². The van der Waals surface area contributed by atoms with Crippen LogP contribution in [0.2, 0.25) is 0 Å². The predicted molar refractivity (Wildman–Crippen MR) is 99.4 cm³/mol. The molecular formula is C19H20FN5O3. The van der Waals surface area contributed by atoms with Gasteiger partial charge in [0, 0.05) is 0 Å². The molecule has 9 heteroatoms. The Morgan fingerprint density at radius 1 is 1.00 bits per heavy atom. The predicted octanol–water partition coefficient (Wildman–Crippen LogP) is 2.98. The average Bonchev–Trinajstić information content (AvgIpc) is 3.21. The molecule has 0 amide bonds. The van der Waals surface area contributed by atoms with Crippen molar-refractivity contribution in [3.63, 3.8) is 0 Å². The van der Waals surface area contributed by atoms with Gasteiger partial charge in [-0.15, -0.1) is 0 Å². The number of nitrogens with one attached hydrogen (secondary N) is 1. The zero-order valence-electron chi connectivity index (χ0n) is 15.7. The van der Waals surface area contributed by atoms with E-state index in [9.17, 15) is 4.39 Å². The highest BCUT2D eigenvalue weighted by atomic mass is 19.1. The fourth-order valence-corrected chi connectivity index (χ4v) is 3.52. The molecule has 4 rings (SSSR count). The van der Waals surface area contributed by atoms with E-state index in [0.717, 1.165) is 11.1 Å². The Hall–Kier alpha value is -3.36. The molecule has 0 aliphatic carbocycles. The molecule has 0 fully saturated rings. The number of aromatic nitrogens is 4. The fourth-order valence-electron chi connectivity index (χ4n) is 3.52. The number of ether oxygens (including phenoxy) is 3. The van der Waals surface area contributed by atoms with Crippen molar-refractivity contribution in [3.05, 3.63) is 53.3 Å². The van der Waals surface area contributed by atoms with Crippen molar-refractivity contribution >= 4 is 5.95 Å². The monoisotopic (exact) mass is 385 g/mol. The van der Waals surface area contributed by atoms with Crippen molar-refractivity contribution in [2.24, 2.45) is 0 Å². The van der Waals surface area contributed by atoms with Gasteiger partial charge in [0.2, 0.25) is 11.7 Å². The van der Waals surface area contributed by atoms with Crippen LogP contribution in [0.3, 0.4) is 0 Å². The first-order chi connectivity index (χ1) is 13.6. The van der Waals surface area contributed by atoms with Crippen molar-refractivity contribution < 1.29 is 18.6 Å². The maximum Gasteiger partial charge on any atom is 0.243 e. The molecule has 0 saturated heterocycles. The van der Waals surface area contributed by atoms with Crippen LogP contribution in [0.1, 0.15) is 29.6 Å². The number of halogens is 1. The van der Waals surface area contributed by atoms with E-state index in [0.29, 0.717) is 29.6 Å². The highest BCUT2D eigenvalue weighted by Gasteiger charge is 2.32. The second-order valence-corrected chi connectivity index (χ2v) is 6.41. The van der Waals surface area contributed by atoms with E-state index in [2.05, 4.69) is 20.8 Å². The maximum absolute atomic E-state index is 13.3. The van der Waals surface area contributed by atoms with Gasteiger partial charge in [-0.25, -0.2) is 9.07 Å². The third kappa shape index (κ3) is 3.08. The van der Waals surface area contributed by atoms with Gasteiger partial charge in [0.05, 0.1) is 33.4 Å². The number of methoxy groups -OCH3 is 3. The summed E-state index contributed by atoms with van der Waals surface area (Å²) in [5, 5.41) is 15.3. The summed E-state index contributed by atoms with van der Waals surface area (Å²) >= 11 is 0. The van der Waals surface area contributed by atoms with E-state index in [-0.39, 0.29) is 17.9 Å². The first-order valence-electron chi connectivity index (χ1n) is 8.74. The van der Waals surface area contributed by atoms with Gasteiger partial charge < -0.3 is 19.5 Å². The lowest BCUT2D eigenvalue weighted by atomic mass is 9.93. The van der Waals surface area contributed by atoms with Gasteiger partial charge in [0.25, 0.3) is 0 Å². The summed E-state index contributed by atoms with van der Waals surface area (Å²) in [5.74, 6) is 1.91. The molecule has 1 N–H and O–H groups in total. The van der Waals surface area contributed by atoms with Gasteiger partial charge in [-0.3, -0.25) is 0 Å². The zero-order chi connectivity index (χ0) is 19.7. The van der Waals surface area contributed by atoms with Crippen molar-refractivity contribution in [2.75, 3.05) is 26.6 Å². The minimum atomic E-state index is -0.273. The number of anilines is 1. The summed E-state index contributed by atoms with van der Waals surface area (Å²) in [6.07, 6.45) is 0.655. The minimum Gasteiger partial charge on any atom is -0.493 e. The number of fused-ring (bicyclic) bond motifs is 1. The molecule has 2 aromatic carbocycles. The van der Waals surface area contributed by atoms with Crippen LogP contribution in [-0.2, 0) is 0 Å². The minimum absolute atomic E-state index is 0.0804. The largest absolute Gasteiger partial charge is 0.493 e. The van der Waals surface area contributed by atoms with Crippen molar-refractivity contribution in [1.82, 2.24) is 20.2 Å². The zero-order valence-corrected chi connectivity index (χ0v) is 15.7. The SMILES string of the molecule is COc1cc(C2CC(c3ccc(F)cc3)Nc3nnnn32)cc(OC)c1OC. The van der Waals surface area contributed by atoms with Gasteiger partial charge in [-0.05, 0) is 52.2 Å². The summed E-state index contributed by atoms with van der Waals surface area (Å²) in [6, 6.07) is 9.96. The second kappa shape index (κ2) is 7.34. The highest BCUT2D eigenvalue weighted by molar-refractivity contribution is 5.55. The summed E-state index contributed by atoms with van der Waals surface area (Å²) in [5.41, 5.74) is 1.87. The molecule has 8 nitrogen and oxygen atoms in total. The Morgan fingerprint density at radius 2 is 1.68 bits per heavy atom. The number of hydrogen-bond donors (Lipinski definition) is 1. The molecule has 0 saturated carbocycles. The molecule has 2 atom stereocenters. The van der Waals surface area contributed by atoms with Gasteiger partial charge in [-0.2, -0.15) is 0 Å². The smallest absolute Gasteiger partial charge is 0.243 e. The van der Waals surface area contributed by atoms with Gasteiger partial charge in [0.1, 0.15) is 5.82 Å². The molecular weight excluding hydrogens is 365 g/mol. The lowest BCUT2D eigenvalue weighted by molar-refractivity contribution is 0.321. The summed E-state index contributed by atoms with van der Waals surface area (Å²) < 4.78 is 31.4. The van der Waals surface area contributed by atoms with Crippen LogP contribution < -0.4 is 19.5 Å². The fraction of sp³-hybridized carbons (Fsp3) is 0.316. The van der Waals surface area contributed by atoms with E-state index in [1.807, 2.05) is 12.1 Å². The second-order valence-electron chi connectivity index (χ2n) is 6.41. The van der Waals surface area contributed by atoms with E-state index in [4.69, 9.17) is 14.2 Å². The Morgan fingerprint density at radius 3 is 2.29 bits per heavy atom.